The van der Waals surface area contributed by atoms with Gasteiger partial charge in [0.2, 0.25) is 5.91 Å². The summed E-state index contributed by atoms with van der Waals surface area (Å²) < 4.78 is 1.30. The maximum Gasteiger partial charge on any atom is 0.262 e. The Kier molecular flexibility index (Phi) is 4.28. The molecular weight excluding hydrogens is 360 g/mol. The van der Waals surface area contributed by atoms with Crippen LogP contribution in [0.15, 0.2) is 47.5 Å². The maximum atomic E-state index is 12.8. The Morgan fingerprint density at radius 1 is 1.41 bits per heavy atom. The van der Waals surface area contributed by atoms with Crippen LogP contribution < -0.4 is 10.9 Å². The number of nitriles is 1. The number of nitrogens with one attached hydrogen (secondary N) is 1. The van der Waals surface area contributed by atoms with Gasteiger partial charge in [0.1, 0.15) is 16.9 Å². The third-order valence-corrected chi connectivity index (χ3v) is 6.01. The summed E-state index contributed by atoms with van der Waals surface area (Å²) in [6.45, 7) is 1.58. The highest BCUT2D eigenvalue weighted by molar-refractivity contribution is 7.21. The minimum Gasteiger partial charge on any atom is -0.336 e. The number of hydrogen-bond donors (Lipinski definition) is 1. The van der Waals surface area contributed by atoms with Crippen LogP contribution >= 0.6 is 11.3 Å². The van der Waals surface area contributed by atoms with E-state index in [4.69, 9.17) is 0 Å². The van der Waals surface area contributed by atoms with E-state index in [0.29, 0.717) is 10.2 Å². The van der Waals surface area contributed by atoms with Gasteiger partial charge in [-0.05, 0) is 37.3 Å². The van der Waals surface area contributed by atoms with Gasteiger partial charge < -0.3 is 5.32 Å². The Morgan fingerprint density at radius 2 is 2.15 bits per heavy atom. The molecule has 1 N–H and O–H groups in total. The molecule has 1 fully saturated rings. The topological polar surface area (TPSA) is 87.8 Å². The van der Waals surface area contributed by atoms with Crippen molar-refractivity contribution in [1.82, 2.24) is 14.9 Å². The van der Waals surface area contributed by atoms with E-state index >= 15 is 0 Å². The van der Waals surface area contributed by atoms with Crippen molar-refractivity contribution in [3.05, 3.63) is 53.1 Å². The molecule has 1 atom stereocenters. The summed E-state index contributed by atoms with van der Waals surface area (Å²) >= 11 is 1.45. The van der Waals surface area contributed by atoms with E-state index < -0.39 is 5.54 Å². The fraction of sp³-hybridized carbons (Fsp3) is 0.300. The summed E-state index contributed by atoms with van der Waals surface area (Å²) in [4.78, 5) is 31.1. The minimum atomic E-state index is -0.874. The van der Waals surface area contributed by atoms with Crippen LogP contribution in [-0.4, -0.2) is 21.0 Å². The van der Waals surface area contributed by atoms with E-state index in [2.05, 4.69) is 16.4 Å². The molecule has 1 aliphatic carbocycles. The van der Waals surface area contributed by atoms with Crippen LogP contribution in [-0.2, 0) is 11.3 Å². The smallest absolute Gasteiger partial charge is 0.262 e. The Hall–Kier alpha value is -2.98. The molecule has 0 bridgehead atoms. The molecule has 0 saturated heterocycles. The summed E-state index contributed by atoms with van der Waals surface area (Å²) in [5.74, 6) is -0.165. The van der Waals surface area contributed by atoms with Crippen molar-refractivity contribution in [3.63, 3.8) is 0 Å². The van der Waals surface area contributed by atoms with E-state index in [9.17, 15) is 14.9 Å². The highest BCUT2D eigenvalue weighted by Crippen LogP contribution is 2.39. The van der Waals surface area contributed by atoms with E-state index in [-0.39, 0.29) is 23.9 Å². The van der Waals surface area contributed by atoms with Crippen molar-refractivity contribution in [2.45, 2.75) is 31.8 Å². The molecule has 0 aliphatic heterocycles. The number of fused-ring (bicyclic) bond motifs is 1. The number of benzene rings is 1. The van der Waals surface area contributed by atoms with Crippen LogP contribution in [0.5, 0.6) is 0 Å². The lowest BCUT2D eigenvalue weighted by Crippen LogP contribution is -2.48. The molecular formula is C20H18N4O2S. The first-order valence-corrected chi connectivity index (χ1v) is 9.58. The molecule has 1 aromatic carbocycles. The van der Waals surface area contributed by atoms with Crippen LogP contribution in [0.1, 0.15) is 19.8 Å². The SMILES string of the molecule is C[C@](C#N)(NC(=O)Cn1cnc2sc(-c3ccccc3)cc2c1=O)C1CC1. The third kappa shape index (κ3) is 3.36. The van der Waals surface area contributed by atoms with E-state index in [1.54, 1.807) is 6.92 Å². The molecule has 1 amide bonds. The molecule has 7 heteroatoms. The number of aromatic nitrogens is 2. The molecule has 1 saturated carbocycles. The van der Waals surface area contributed by atoms with Gasteiger partial charge in [-0.3, -0.25) is 14.2 Å². The molecule has 1 aliphatic rings. The highest BCUT2D eigenvalue weighted by atomic mass is 32.1. The lowest BCUT2D eigenvalue weighted by Gasteiger charge is -2.22. The zero-order chi connectivity index (χ0) is 19.0. The lowest BCUT2D eigenvalue weighted by molar-refractivity contribution is -0.123. The predicted molar refractivity (Wildman–Crippen MR) is 104 cm³/mol. The lowest BCUT2D eigenvalue weighted by atomic mass is 9.98. The number of hydrogen-bond acceptors (Lipinski definition) is 5. The van der Waals surface area contributed by atoms with Crippen molar-refractivity contribution in [3.8, 4) is 16.5 Å². The number of carbonyl (C=O) groups is 1. The average molecular weight is 378 g/mol. The second kappa shape index (κ2) is 6.63. The van der Waals surface area contributed by atoms with Crippen LogP contribution in [0.2, 0.25) is 0 Å². The Bertz CT molecular complexity index is 1110. The number of thiophene rings is 1. The average Bonchev–Trinajstić information content (AvgIpc) is 3.44. The summed E-state index contributed by atoms with van der Waals surface area (Å²) in [6, 6.07) is 13.8. The van der Waals surface area contributed by atoms with Gasteiger partial charge in [-0.25, -0.2) is 4.98 Å². The molecule has 3 aromatic rings. The first-order chi connectivity index (χ1) is 13.0. The van der Waals surface area contributed by atoms with Gasteiger partial charge in [0.25, 0.3) is 5.56 Å². The fourth-order valence-electron chi connectivity index (χ4n) is 3.18. The Morgan fingerprint density at radius 3 is 2.81 bits per heavy atom. The molecule has 4 rings (SSSR count). The molecule has 27 heavy (non-hydrogen) atoms. The van der Waals surface area contributed by atoms with E-state index in [1.165, 1.54) is 22.2 Å². The van der Waals surface area contributed by atoms with Crippen molar-refractivity contribution in [2.24, 2.45) is 5.92 Å². The first kappa shape index (κ1) is 17.4. The van der Waals surface area contributed by atoms with Gasteiger partial charge in [-0.2, -0.15) is 5.26 Å². The summed E-state index contributed by atoms with van der Waals surface area (Å²) in [7, 11) is 0. The zero-order valence-corrected chi connectivity index (χ0v) is 15.6. The summed E-state index contributed by atoms with van der Waals surface area (Å²) in [6.07, 6.45) is 3.28. The zero-order valence-electron chi connectivity index (χ0n) is 14.8. The second-order valence-corrected chi connectivity index (χ2v) is 8.04. The van der Waals surface area contributed by atoms with Gasteiger partial charge in [0.15, 0.2) is 0 Å². The number of amides is 1. The van der Waals surface area contributed by atoms with Crippen LogP contribution in [0, 0.1) is 17.2 Å². The normalized spacial score (nSPS) is 15.9. The maximum absolute atomic E-state index is 12.8. The summed E-state index contributed by atoms with van der Waals surface area (Å²) in [5, 5.41) is 12.6. The molecule has 0 unspecified atom stereocenters. The predicted octanol–water partition coefficient (Wildman–Crippen LogP) is 2.93. The number of carbonyl (C=O) groups excluding carboxylic acids is 1. The minimum absolute atomic E-state index is 0.151. The van der Waals surface area contributed by atoms with E-state index in [1.807, 2.05) is 36.4 Å². The number of rotatable bonds is 5. The van der Waals surface area contributed by atoms with Gasteiger partial charge in [0, 0.05) is 4.88 Å². The monoisotopic (exact) mass is 378 g/mol. The van der Waals surface area contributed by atoms with Crippen LogP contribution in [0.25, 0.3) is 20.7 Å². The highest BCUT2D eigenvalue weighted by Gasteiger charge is 2.43. The van der Waals surface area contributed by atoms with Gasteiger partial charge >= 0.3 is 0 Å². The summed E-state index contributed by atoms with van der Waals surface area (Å²) in [5.41, 5.74) is -0.0989. The van der Waals surface area contributed by atoms with Crippen LogP contribution in [0.3, 0.4) is 0 Å². The number of nitrogens with zero attached hydrogens (tertiary/aromatic N) is 3. The van der Waals surface area contributed by atoms with Crippen molar-refractivity contribution >= 4 is 27.5 Å². The van der Waals surface area contributed by atoms with Gasteiger partial charge in [-0.1, -0.05) is 30.3 Å². The Labute approximate surface area is 160 Å². The van der Waals surface area contributed by atoms with Crippen LogP contribution in [0.4, 0.5) is 0 Å². The van der Waals surface area contributed by atoms with E-state index in [0.717, 1.165) is 23.3 Å². The molecule has 6 nitrogen and oxygen atoms in total. The van der Waals surface area contributed by atoms with Crippen molar-refractivity contribution in [1.29, 1.82) is 5.26 Å². The first-order valence-electron chi connectivity index (χ1n) is 8.77. The molecule has 136 valence electrons. The Balaban J connectivity index is 1.59. The molecule has 0 spiro atoms. The molecule has 2 heterocycles. The quantitative estimate of drug-likeness (QED) is 0.739. The van der Waals surface area contributed by atoms with Gasteiger partial charge in [0.05, 0.1) is 17.8 Å². The van der Waals surface area contributed by atoms with Crippen molar-refractivity contribution in [2.75, 3.05) is 0 Å². The van der Waals surface area contributed by atoms with Gasteiger partial charge in [-0.15, -0.1) is 11.3 Å². The van der Waals surface area contributed by atoms with Crippen molar-refractivity contribution < 1.29 is 4.79 Å². The molecule has 0 radical (unpaired) electrons. The second-order valence-electron chi connectivity index (χ2n) is 7.01. The standard InChI is InChI=1S/C20H18N4O2S/c1-20(11-21,14-7-8-14)23-17(25)10-24-12-22-18-15(19(24)26)9-16(27-18)13-5-3-2-4-6-13/h2-6,9,12,14H,7-8,10H2,1H3,(H,23,25)/t20-/m1/s1. The fourth-order valence-corrected chi connectivity index (χ4v) is 4.18. The molecule has 2 aromatic heterocycles. The largest absolute Gasteiger partial charge is 0.336 e. The third-order valence-electron chi connectivity index (χ3n) is 4.92.